The molecule has 1 N–H and O–H groups in total. The number of carbonyl (C=O) groups excluding carboxylic acids is 1. The van der Waals surface area contributed by atoms with Gasteiger partial charge in [0.25, 0.3) is 0 Å². The maximum Gasteiger partial charge on any atom is 0.243 e. The average molecular weight is 483 g/mol. The fourth-order valence-corrected chi connectivity index (χ4v) is 5.53. The van der Waals surface area contributed by atoms with Gasteiger partial charge in [0.1, 0.15) is 0 Å². The SMILES string of the molecule is COCCNC(=O)C1CN(S(=O)(=O)c2ccc(Cl)cc2)CC1c1cccc(OC)c1OC. The van der Waals surface area contributed by atoms with Crippen molar-refractivity contribution in [2.45, 2.75) is 10.8 Å². The van der Waals surface area contributed by atoms with Crippen LogP contribution in [0.3, 0.4) is 0 Å². The number of hydrogen-bond acceptors (Lipinski definition) is 6. The van der Waals surface area contributed by atoms with Crippen LogP contribution < -0.4 is 14.8 Å². The van der Waals surface area contributed by atoms with Gasteiger partial charge in [-0.05, 0) is 30.3 Å². The first-order valence-electron chi connectivity index (χ1n) is 10.1. The van der Waals surface area contributed by atoms with Crippen molar-refractivity contribution in [2.24, 2.45) is 5.92 Å². The molecule has 32 heavy (non-hydrogen) atoms. The highest BCUT2D eigenvalue weighted by Crippen LogP contribution is 2.43. The van der Waals surface area contributed by atoms with Crippen LogP contribution in [0.2, 0.25) is 5.02 Å². The molecule has 1 saturated heterocycles. The largest absolute Gasteiger partial charge is 0.493 e. The summed E-state index contributed by atoms with van der Waals surface area (Å²) in [6.07, 6.45) is 0. The van der Waals surface area contributed by atoms with Crippen LogP contribution in [-0.4, -0.2) is 66.2 Å². The summed E-state index contributed by atoms with van der Waals surface area (Å²) in [6.45, 7) is 0.849. The lowest BCUT2D eigenvalue weighted by atomic mass is 9.87. The smallest absolute Gasteiger partial charge is 0.243 e. The molecular weight excluding hydrogens is 456 g/mol. The van der Waals surface area contributed by atoms with Gasteiger partial charge in [0.2, 0.25) is 15.9 Å². The number of nitrogens with one attached hydrogen (secondary N) is 1. The molecule has 0 saturated carbocycles. The molecule has 2 aromatic carbocycles. The van der Waals surface area contributed by atoms with E-state index in [0.717, 1.165) is 0 Å². The van der Waals surface area contributed by atoms with Crippen molar-refractivity contribution in [3.8, 4) is 11.5 Å². The molecule has 2 atom stereocenters. The van der Waals surface area contributed by atoms with Crippen molar-refractivity contribution >= 4 is 27.5 Å². The Bertz CT molecular complexity index is 1040. The molecule has 8 nitrogen and oxygen atoms in total. The quantitative estimate of drug-likeness (QED) is 0.552. The Labute approximate surface area is 193 Å². The standard InChI is InChI=1S/C22H27ClN2O6S/c1-29-12-11-24-22(26)19-14-25(32(27,28)16-9-7-15(23)8-10-16)13-18(19)17-5-4-6-20(30-2)21(17)31-3/h4-10,18-19H,11-14H2,1-3H3,(H,24,26). The van der Waals surface area contributed by atoms with Crippen molar-refractivity contribution in [3.63, 3.8) is 0 Å². The predicted molar refractivity (Wildman–Crippen MR) is 121 cm³/mol. The molecule has 10 heteroatoms. The van der Waals surface area contributed by atoms with Crippen LogP contribution >= 0.6 is 11.6 Å². The van der Waals surface area contributed by atoms with E-state index >= 15 is 0 Å². The van der Waals surface area contributed by atoms with Gasteiger partial charge in [-0.3, -0.25) is 4.79 Å². The monoisotopic (exact) mass is 482 g/mol. The van der Waals surface area contributed by atoms with Gasteiger partial charge in [-0.2, -0.15) is 4.31 Å². The highest BCUT2D eigenvalue weighted by atomic mass is 35.5. The third kappa shape index (κ3) is 5.01. The second kappa shape index (κ2) is 10.5. The van der Waals surface area contributed by atoms with E-state index in [4.69, 9.17) is 25.8 Å². The first-order chi connectivity index (χ1) is 15.3. The lowest BCUT2D eigenvalue weighted by molar-refractivity contribution is -0.125. The second-order valence-electron chi connectivity index (χ2n) is 7.36. The van der Waals surface area contributed by atoms with Gasteiger partial charge in [-0.25, -0.2) is 8.42 Å². The summed E-state index contributed by atoms with van der Waals surface area (Å²) in [5.41, 5.74) is 0.715. The van der Waals surface area contributed by atoms with Gasteiger partial charge in [-0.1, -0.05) is 23.7 Å². The molecule has 1 aliphatic rings. The highest BCUT2D eigenvalue weighted by molar-refractivity contribution is 7.89. The lowest BCUT2D eigenvalue weighted by Gasteiger charge is -2.21. The minimum atomic E-state index is -3.83. The topological polar surface area (TPSA) is 94.2 Å². The van der Waals surface area contributed by atoms with Crippen molar-refractivity contribution < 1.29 is 27.4 Å². The number of amides is 1. The Kier molecular flexibility index (Phi) is 8.00. The van der Waals surface area contributed by atoms with Gasteiger partial charge in [0.15, 0.2) is 11.5 Å². The first-order valence-corrected chi connectivity index (χ1v) is 11.9. The molecular formula is C22H27ClN2O6S. The molecule has 0 aromatic heterocycles. The zero-order valence-electron chi connectivity index (χ0n) is 18.2. The average Bonchev–Trinajstić information content (AvgIpc) is 3.25. The Morgan fingerprint density at radius 1 is 1.09 bits per heavy atom. The van der Waals surface area contributed by atoms with Crippen molar-refractivity contribution in [2.75, 3.05) is 47.6 Å². The van der Waals surface area contributed by atoms with Crippen LogP contribution in [0.4, 0.5) is 0 Å². The Morgan fingerprint density at radius 2 is 1.81 bits per heavy atom. The van der Waals surface area contributed by atoms with E-state index in [0.29, 0.717) is 35.2 Å². The first kappa shape index (κ1) is 24.3. The molecule has 2 unspecified atom stereocenters. The number of ether oxygens (including phenoxy) is 3. The van der Waals surface area contributed by atoms with Crippen LogP contribution in [0.1, 0.15) is 11.5 Å². The third-order valence-electron chi connectivity index (χ3n) is 5.51. The van der Waals surface area contributed by atoms with E-state index in [1.165, 1.54) is 42.8 Å². The fraction of sp³-hybridized carbons (Fsp3) is 0.409. The van der Waals surface area contributed by atoms with Gasteiger partial charge in [0.05, 0.1) is 31.6 Å². The summed E-state index contributed by atoms with van der Waals surface area (Å²) in [5, 5.41) is 3.28. The number of benzene rings is 2. The number of rotatable bonds is 9. The van der Waals surface area contributed by atoms with Crippen molar-refractivity contribution in [3.05, 3.63) is 53.1 Å². The summed E-state index contributed by atoms with van der Waals surface area (Å²) >= 11 is 5.91. The van der Waals surface area contributed by atoms with E-state index in [9.17, 15) is 13.2 Å². The molecule has 2 aromatic rings. The summed E-state index contributed by atoms with van der Waals surface area (Å²) in [6, 6.07) is 11.4. The second-order valence-corrected chi connectivity index (χ2v) is 9.73. The Morgan fingerprint density at radius 3 is 2.44 bits per heavy atom. The van der Waals surface area contributed by atoms with Crippen LogP contribution in [-0.2, 0) is 19.6 Å². The summed E-state index contributed by atoms with van der Waals surface area (Å²) < 4.78 is 43.9. The molecule has 0 radical (unpaired) electrons. The molecule has 3 rings (SSSR count). The van der Waals surface area contributed by atoms with Gasteiger partial charge >= 0.3 is 0 Å². The fourth-order valence-electron chi connectivity index (χ4n) is 3.91. The van der Waals surface area contributed by atoms with Crippen LogP contribution in [0.15, 0.2) is 47.4 Å². The van der Waals surface area contributed by atoms with Crippen molar-refractivity contribution in [1.82, 2.24) is 9.62 Å². The zero-order valence-corrected chi connectivity index (χ0v) is 19.8. The van der Waals surface area contributed by atoms with Gasteiger partial charge < -0.3 is 19.5 Å². The molecule has 0 bridgehead atoms. The zero-order chi connectivity index (χ0) is 23.3. The summed E-state index contributed by atoms with van der Waals surface area (Å²) in [4.78, 5) is 13.2. The maximum absolute atomic E-state index is 13.3. The highest BCUT2D eigenvalue weighted by Gasteiger charge is 2.44. The van der Waals surface area contributed by atoms with Crippen LogP contribution in [0.25, 0.3) is 0 Å². The summed E-state index contributed by atoms with van der Waals surface area (Å²) in [7, 11) is 0.773. The number of nitrogens with zero attached hydrogens (tertiary/aromatic N) is 1. The lowest BCUT2D eigenvalue weighted by Crippen LogP contribution is -2.37. The number of carbonyl (C=O) groups is 1. The Hall–Kier alpha value is -2.33. The number of hydrogen-bond donors (Lipinski definition) is 1. The number of para-hydroxylation sites is 1. The number of methoxy groups -OCH3 is 3. The molecule has 1 aliphatic heterocycles. The van der Waals surface area contributed by atoms with Gasteiger partial charge in [-0.15, -0.1) is 0 Å². The van der Waals surface area contributed by atoms with Crippen LogP contribution in [0, 0.1) is 5.92 Å². The van der Waals surface area contributed by atoms with Gasteiger partial charge in [0, 0.05) is 43.2 Å². The van der Waals surface area contributed by atoms with E-state index in [1.807, 2.05) is 6.07 Å². The predicted octanol–water partition coefficient (Wildman–Crippen LogP) is 2.52. The van der Waals surface area contributed by atoms with E-state index in [-0.39, 0.29) is 23.9 Å². The Balaban J connectivity index is 1.98. The molecule has 0 spiro atoms. The number of halogens is 1. The minimum absolute atomic E-state index is 0.0365. The van der Waals surface area contributed by atoms with Crippen molar-refractivity contribution in [1.29, 1.82) is 0 Å². The normalized spacial score (nSPS) is 19.0. The van der Waals surface area contributed by atoms with E-state index < -0.39 is 21.9 Å². The minimum Gasteiger partial charge on any atom is -0.493 e. The number of sulfonamides is 1. The molecule has 1 amide bonds. The molecule has 1 heterocycles. The molecule has 1 fully saturated rings. The molecule has 0 aliphatic carbocycles. The van der Waals surface area contributed by atoms with E-state index in [2.05, 4.69) is 5.32 Å². The molecule has 174 valence electrons. The van der Waals surface area contributed by atoms with Crippen LogP contribution in [0.5, 0.6) is 11.5 Å². The third-order valence-corrected chi connectivity index (χ3v) is 7.61. The summed E-state index contributed by atoms with van der Waals surface area (Å²) in [5.74, 6) is -0.284. The maximum atomic E-state index is 13.3. The van der Waals surface area contributed by atoms with E-state index in [1.54, 1.807) is 19.2 Å².